The fourth-order valence-corrected chi connectivity index (χ4v) is 2.87. The van der Waals surface area contributed by atoms with Crippen LogP contribution in [0.4, 0.5) is 0 Å². The quantitative estimate of drug-likeness (QED) is 0.755. The summed E-state index contributed by atoms with van der Waals surface area (Å²) in [6, 6.07) is 11.1. The van der Waals surface area contributed by atoms with E-state index < -0.39 is 0 Å². The second-order valence-corrected chi connectivity index (χ2v) is 6.93. The van der Waals surface area contributed by atoms with E-state index in [1.54, 1.807) is 12.3 Å². The van der Waals surface area contributed by atoms with E-state index in [4.69, 9.17) is 23.2 Å². The van der Waals surface area contributed by atoms with Crippen molar-refractivity contribution in [3.8, 4) is 0 Å². The lowest BCUT2D eigenvalue weighted by atomic mass is 9.94. The van der Waals surface area contributed by atoms with Crippen molar-refractivity contribution >= 4 is 28.8 Å². The van der Waals surface area contributed by atoms with Gasteiger partial charge in [0.15, 0.2) is 5.65 Å². The number of pyridine rings is 1. The third kappa shape index (κ3) is 3.34. The van der Waals surface area contributed by atoms with Gasteiger partial charge in [-0.1, -0.05) is 35.3 Å². The number of benzene rings is 1. The molecule has 3 aromatic rings. The first-order chi connectivity index (χ1) is 11.4. The Morgan fingerprint density at radius 3 is 2.67 bits per heavy atom. The smallest absolute Gasteiger partial charge is 0.306 e. The van der Waals surface area contributed by atoms with Crippen molar-refractivity contribution in [3.05, 3.63) is 68.7 Å². The van der Waals surface area contributed by atoms with Crippen molar-refractivity contribution in [1.82, 2.24) is 19.5 Å². The predicted molar refractivity (Wildman–Crippen MR) is 96.9 cm³/mol. The molecule has 0 amide bonds. The molecule has 1 aromatic carbocycles. The summed E-state index contributed by atoms with van der Waals surface area (Å²) in [4.78, 5) is 12.2. The standard InChI is InChI=1S/C17H18Cl2N4O/c1-17(2,12-6-7-13(18)14(19)11-12)20-8-10-23-16(24)22-9-4-3-5-15(22)21-23/h3-7,9,11,20H,8,10H2,1-2H3. The number of hydrogen-bond acceptors (Lipinski definition) is 3. The highest BCUT2D eigenvalue weighted by Gasteiger charge is 2.20. The second-order valence-electron chi connectivity index (χ2n) is 6.12. The number of rotatable bonds is 5. The van der Waals surface area contributed by atoms with E-state index in [2.05, 4.69) is 24.3 Å². The van der Waals surface area contributed by atoms with Gasteiger partial charge in [-0.15, -0.1) is 5.10 Å². The predicted octanol–water partition coefficient (Wildman–Crippen LogP) is 3.33. The SMILES string of the molecule is CC(C)(NCCn1nc2ccccn2c1=O)c1ccc(Cl)c(Cl)c1. The topological polar surface area (TPSA) is 51.3 Å². The summed E-state index contributed by atoms with van der Waals surface area (Å²) in [5, 5.41) is 8.81. The van der Waals surface area contributed by atoms with Crippen molar-refractivity contribution in [3.63, 3.8) is 0 Å². The number of halogens is 2. The van der Waals surface area contributed by atoms with Gasteiger partial charge in [-0.2, -0.15) is 0 Å². The molecular formula is C17H18Cl2N4O. The highest BCUT2D eigenvalue weighted by molar-refractivity contribution is 6.42. The summed E-state index contributed by atoms with van der Waals surface area (Å²) in [6.07, 6.45) is 1.72. The third-order valence-electron chi connectivity index (χ3n) is 4.02. The average molecular weight is 365 g/mol. The van der Waals surface area contributed by atoms with Gasteiger partial charge in [0.25, 0.3) is 0 Å². The van der Waals surface area contributed by atoms with Crippen LogP contribution >= 0.6 is 23.2 Å². The molecule has 0 unspecified atom stereocenters. The molecule has 3 rings (SSSR count). The van der Waals surface area contributed by atoms with Gasteiger partial charge < -0.3 is 5.32 Å². The number of hydrogen-bond donors (Lipinski definition) is 1. The molecule has 2 heterocycles. The summed E-state index contributed by atoms with van der Waals surface area (Å²) in [6.45, 7) is 5.18. The lowest BCUT2D eigenvalue weighted by molar-refractivity contribution is 0.383. The molecule has 24 heavy (non-hydrogen) atoms. The summed E-state index contributed by atoms with van der Waals surface area (Å²) in [7, 11) is 0. The van der Waals surface area contributed by atoms with Crippen LogP contribution in [-0.4, -0.2) is 20.7 Å². The molecule has 0 saturated carbocycles. The van der Waals surface area contributed by atoms with E-state index in [-0.39, 0.29) is 11.2 Å². The molecule has 0 saturated heterocycles. The molecule has 0 spiro atoms. The molecule has 126 valence electrons. The van der Waals surface area contributed by atoms with Gasteiger partial charge in [0.1, 0.15) is 0 Å². The van der Waals surface area contributed by atoms with Crippen molar-refractivity contribution < 1.29 is 0 Å². The maximum atomic E-state index is 12.2. The largest absolute Gasteiger partial charge is 0.350 e. The lowest BCUT2D eigenvalue weighted by Gasteiger charge is -2.27. The zero-order chi connectivity index (χ0) is 17.3. The van der Waals surface area contributed by atoms with Crippen LogP contribution in [0.2, 0.25) is 10.0 Å². The van der Waals surface area contributed by atoms with Gasteiger partial charge in [-0.3, -0.25) is 4.40 Å². The Labute approximate surface area is 149 Å². The number of aromatic nitrogens is 3. The van der Waals surface area contributed by atoms with Crippen LogP contribution in [0.3, 0.4) is 0 Å². The fraction of sp³-hybridized carbons (Fsp3) is 0.294. The highest BCUT2D eigenvalue weighted by atomic mass is 35.5. The van der Waals surface area contributed by atoms with Crippen molar-refractivity contribution in [2.45, 2.75) is 25.9 Å². The van der Waals surface area contributed by atoms with E-state index in [1.165, 1.54) is 9.08 Å². The molecule has 7 heteroatoms. The van der Waals surface area contributed by atoms with Crippen LogP contribution < -0.4 is 11.0 Å². The summed E-state index contributed by atoms with van der Waals surface area (Å²) >= 11 is 12.1. The van der Waals surface area contributed by atoms with E-state index in [1.807, 2.05) is 30.3 Å². The Balaban J connectivity index is 1.71. The lowest BCUT2D eigenvalue weighted by Crippen LogP contribution is -2.39. The fourth-order valence-electron chi connectivity index (χ4n) is 2.58. The number of fused-ring (bicyclic) bond motifs is 1. The van der Waals surface area contributed by atoms with Gasteiger partial charge in [-0.25, -0.2) is 9.48 Å². The normalized spacial score (nSPS) is 12.0. The van der Waals surface area contributed by atoms with Crippen molar-refractivity contribution in [2.75, 3.05) is 6.54 Å². The van der Waals surface area contributed by atoms with Gasteiger partial charge in [0, 0.05) is 18.3 Å². The van der Waals surface area contributed by atoms with Crippen LogP contribution in [0.15, 0.2) is 47.4 Å². The van der Waals surface area contributed by atoms with E-state index in [0.717, 1.165) is 5.56 Å². The Hall–Kier alpha value is -1.82. The van der Waals surface area contributed by atoms with Gasteiger partial charge in [0.05, 0.1) is 16.6 Å². The van der Waals surface area contributed by atoms with Crippen molar-refractivity contribution in [1.29, 1.82) is 0 Å². The molecule has 0 aliphatic rings. The van der Waals surface area contributed by atoms with E-state index in [9.17, 15) is 4.79 Å². The number of nitrogens with zero attached hydrogens (tertiary/aromatic N) is 3. The molecule has 2 aromatic heterocycles. The first-order valence-corrected chi connectivity index (χ1v) is 8.39. The van der Waals surface area contributed by atoms with Crippen LogP contribution in [0.5, 0.6) is 0 Å². The Kier molecular flexibility index (Phi) is 4.67. The second kappa shape index (κ2) is 6.59. The van der Waals surface area contributed by atoms with Crippen LogP contribution in [0.1, 0.15) is 19.4 Å². The first kappa shape index (κ1) is 17.0. The van der Waals surface area contributed by atoms with Crippen LogP contribution in [0, 0.1) is 0 Å². The van der Waals surface area contributed by atoms with Gasteiger partial charge >= 0.3 is 5.69 Å². The van der Waals surface area contributed by atoms with E-state index >= 15 is 0 Å². The zero-order valence-corrected chi connectivity index (χ0v) is 15.0. The minimum atomic E-state index is -0.309. The highest BCUT2D eigenvalue weighted by Crippen LogP contribution is 2.28. The molecule has 0 fully saturated rings. The maximum absolute atomic E-state index is 12.2. The van der Waals surface area contributed by atoms with Gasteiger partial charge in [-0.05, 0) is 43.7 Å². The summed E-state index contributed by atoms with van der Waals surface area (Å²) in [5.74, 6) is 0. The maximum Gasteiger partial charge on any atom is 0.350 e. The molecule has 0 aliphatic heterocycles. The minimum absolute atomic E-state index is 0.139. The zero-order valence-electron chi connectivity index (χ0n) is 13.5. The van der Waals surface area contributed by atoms with E-state index in [0.29, 0.717) is 28.8 Å². The minimum Gasteiger partial charge on any atom is -0.306 e. The van der Waals surface area contributed by atoms with Crippen LogP contribution in [-0.2, 0) is 12.1 Å². The Bertz CT molecular complexity index is 930. The third-order valence-corrected chi connectivity index (χ3v) is 4.76. The Morgan fingerprint density at radius 2 is 1.96 bits per heavy atom. The molecular weight excluding hydrogens is 347 g/mol. The molecule has 1 N–H and O–H groups in total. The molecule has 0 bridgehead atoms. The summed E-state index contributed by atoms with van der Waals surface area (Å²) in [5.41, 5.74) is 1.22. The van der Waals surface area contributed by atoms with Gasteiger partial charge in [0.2, 0.25) is 0 Å². The molecule has 0 aliphatic carbocycles. The molecule has 0 atom stereocenters. The Morgan fingerprint density at radius 1 is 1.17 bits per heavy atom. The monoisotopic (exact) mass is 364 g/mol. The molecule has 5 nitrogen and oxygen atoms in total. The molecule has 0 radical (unpaired) electrons. The summed E-state index contributed by atoms with van der Waals surface area (Å²) < 4.78 is 3.00. The van der Waals surface area contributed by atoms with Crippen molar-refractivity contribution in [2.24, 2.45) is 0 Å². The first-order valence-electron chi connectivity index (χ1n) is 7.63. The average Bonchev–Trinajstić information content (AvgIpc) is 2.86. The van der Waals surface area contributed by atoms with Crippen LogP contribution in [0.25, 0.3) is 5.65 Å². The number of nitrogens with one attached hydrogen (secondary N) is 1.